The van der Waals surface area contributed by atoms with E-state index in [-0.39, 0.29) is 0 Å². The predicted octanol–water partition coefficient (Wildman–Crippen LogP) is 2.63. The van der Waals surface area contributed by atoms with Crippen LogP contribution in [-0.2, 0) is 0 Å². The van der Waals surface area contributed by atoms with E-state index < -0.39 is 0 Å². The number of likely N-dealkylation sites (N-methyl/N-ethyl adjacent to an activating group) is 1. The third-order valence-electron chi connectivity index (χ3n) is 3.94. The van der Waals surface area contributed by atoms with Crippen molar-refractivity contribution < 1.29 is 0 Å². The molecule has 0 aromatic heterocycles. The minimum absolute atomic E-state index is 0.967. The average Bonchev–Trinajstić information content (AvgIpc) is 2.88. The van der Waals surface area contributed by atoms with Crippen molar-refractivity contribution in [2.75, 3.05) is 59.9 Å². The van der Waals surface area contributed by atoms with Crippen molar-refractivity contribution in [3.63, 3.8) is 0 Å². The van der Waals surface area contributed by atoms with Crippen LogP contribution in [0.15, 0.2) is 0 Å². The van der Waals surface area contributed by atoms with E-state index in [4.69, 9.17) is 0 Å². The molecule has 2 aliphatic heterocycles. The highest BCUT2D eigenvalue weighted by Crippen LogP contribution is 2.18. The van der Waals surface area contributed by atoms with Gasteiger partial charge in [0.1, 0.15) is 0 Å². The van der Waals surface area contributed by atoms with Crippen LogP contribution in [0.2, 0.25) is 0 Å². The molecule has 2 aliphatic rings. The summed E-state index contributed by atoms with van der Waals surface area (Å²) in [5.41, 5.74) is 0. The smallest absolute Gasteiger partial charge is 0.0110 e. The molecule has 0 spiro atoms. The highest BCUT2D eigenvalue weighted by Gasteiger charge is 2.21. The molecule has 0 saturated carbocycles. The van der Waals surface area contributed by atoms with Crippen molar-refractivity contribution in [3.05, 3.63) is 0 Å². The zero-order chi connectivity index (χ0) is 14.7. The summed E-state index contributed by atoms with van der Waals surface area (Å²) in [6.45, 7) is 17.0. The lowest BCUT2D eigenvalue weighted by molar-refractivity contribution is 0.147. The zero-order valence-electron chi connectivity index (χ0n) is 14.3. The molecular formula is C16H37N3. The Morgan fingerprint density at radius 1 is 0.789 bits per heavy atom. The molecule has 1 atom stereocenters. The normalized spacial score (nSPS) is 25.3. The van der Waals surface area contributed by atoms with Gasteiger partial charge in [0, 0.05) is 32.7 Å². The van der Waals surface area contributed by atoms with Crippen LogP contribution in [0.25, 0.3) is 0 Å². The first kappa shape index (κ1) is 18.9. The van der Waals surface area contributed by atoms with E-state index in [0.717, 1.165) is 5.92 Å². The van der Waals surface area contributed by atoms with Crippen LogP contribution in [0.1, 0.15) is 40.5 Å². The molecule has 0 N–H and O–H groups in total. The molecule has 1 unspecified atom stereocenters. The first-order valence-corrected chi connectivity index (χ1v) is 8.33. The van der Waals surface area contributed by atoms with E-state index in [9.17, 15) is 0 Å². The number of likely N-dealkylation sites (tertiary alicyclic amines) is 1. The van der Waals surface area contributed by atoms with E-state index in [1.807, 2.05) is 27.7 Å². The summed E-state index contributed by atoms with van der Waals surface area (Å²) in [7, 11) is 4.47. The molecule has 0 aromatic rings. The van der Waals surface area contributed by atoms with Gasteiger partial charge in [0.2, 0.25) is 0 Å². The lowest BCUT2D eigenvalue weighted by atomic mass is 10.0. The Hall–Kier alpha value is -0.120. The van der Waals surface area contributed by atoms with E-state index in [0.29, 0.717) is 0 Å². The van der Waals surface area contributed by atoms with Crippen molar-refractivity contribution in [1.29, 1.82) is 0 Å². The summed E-state index contributed by atoms with van der Waals surface area (Å²) in [5, 5.41) is 0. The number of hydrogen-bond donors (Lipinski definition) is 0. The minimum Gasteiger partial charge on any atom is -0.306 e. The molecule has 0 radical (unpaired) electrons. The first-order valence-electron chi connectivity index (χ1n) is 8.33. The molecule has 3 heteroatoms. The van der Waals surface area contributed by atoms with Crippen molar-refractivity contribution in [1.82, 2.24) is 14.7 Å². The van der Waals surface area contributed by atoms with Gasteiger partial charge < -0.3 is 14.7 Å². The standard InChI is InChI=1S/C12H25N3.2C2H6/c1-13-7-9-15(10-8-13)6-4-12-3-5-14(2)11-12;2*1-2/h12H,3-11H2,1-2H3;2*1-2H3. The van der Waals surface area contributed by atoms with Gasteiger partial charge in [-0.3, -0.25) is 0 Å². The summed E-state index contributed by atoms with van der Waals surface area (Å²) >= 11 is 0. The van der Waals surface area contributed by atoms with Gasteiger partial charge in [0.25, 0.3) is 0 Å². The highest BCUT2D eigenvalue weighted by atomic mass is 15.2. The Morgan fingerprint density at radius 3 is 1.84 bits per heavy atom. The minimum atomic E-state index is 0.967. The number of nitrogens with zero attached hydrogens (tertiary/aromatic N) is 3. The summed E-state index contributed by atoms with van der Waals surface area (Å²) in [4.78, 5) is 7.53. The van der Waals surface area contributed by atoms with Gasteiger partial charge in [-0.1, -0.05) is 27.7 Å². The Bertz CT molecular complexity index is 188. The fraction of sp³-hybridized carbons (Fsp3) is 1.00. The van der Waals surface area contributed by atoms with Gasteiger partial charge in [-0.25, -0.2) is 0 Å². The van der Waals surface area contributed by atoms with Crippen LogP contribution in [0.3, 0.4) is 0 Å². The van der Waals surface area contributed by atoms with E-state index in [2.05, 4.69) is 28.8 Å². The monoisotopic (exact) mass is 271 g/mol. The molecule has 0 aromatic carbocycles. The molecule has 2 saturated heterocycles. The highest BCUT2D eigenvalue weighted by molar-refractivity contribution is 4.76. The Morgan fingerprint density at radius 2 is 1.37 bits per heavy atom. The maximum absolute atomic E-state index is 2.64. The number of piperazine rings is 1. The van der Waals surface area contributed by atoms with E-state index in [1.165, 1.54) is 58.7 Å². The quantitative estimate of drug-likeness (QED) is 0.781. The summed E-state index contributed by atoms with van der Waals surface area (Å²) in [5.74, 6) is 0.967. The Labute approximate surface area is 121 Å². The lowest BCUT2D eigenvalue weighted by Gasteiger charge is -2.32. The topological polar surface area (TPSA) is 9.72 Å². The maximum atomic E-state index is 2.64. The second-order valence-electron chi connectivity index (χ2n) is 5.35. The SMILES string of the molecule is CC.CC.CN1CCN(CCC2CCN(C)C2)CC1. The number of rotatable bonds is 3. The second-order valence-corrected chi connectivity index (χ2v) is 5.35. The van der Waals surface area contributed by atoms with Crippen LogP contribution in [-0.4, -0.2) is 74.6 Å². The lowest BCUT2D eigenvalue weighted by Crippen LogP contribution is -2.45. The van der Waals surface area contributed by atoms with Gasteiger partial charge in [-0.15, -0.1) is 0 Å². The summed E-state index contributed by atoms with van der Waals surface area (Å²) < 4.78 is 0. The summed E-state index contributed by atoms with van der Waals surface area (Å²) in [6, 6.07) is 0. The van der Waals surface area contributed by atoms with E-state index >= 15 is 0 Å². The molecular weight excluding hydrogens is 234 g/mol. The van der Waals surface area contributed by atoms with Crippen molar-refractivity contribution in [2.24, 2.45) is 5.92 Å². The third-order valence-corrected chi connectivity index (χ3v) is 3.94. The zero-order valence-corrected chi connectivity index (χ0v) is 14.3. The molecule has 2 fully saturated rings. The summed E-state index contributed by atoms with van der Waals surface area (Å²) in [6.07, 6.45) is 2.83. The van der Waals surface area contributed by atoms with Crippen LogP contribution in [0, 0.1) is 5.92 Å². The fourth-order valence-electron chi connectivity index (χ4n) is 2.70. The second kappa shape index (κ2) is 11.7. The van der Waals surface area contributed by atoms with Gasteiger partial charge >= 0.3 is 0 Å². The Balaban J connectivity index is 0.000000741. The first-order chi connectivity index (χ1) is 9.24. The molecule has 0 amide bonds. The molecule has 2 rings (SSSR count). The molecule has 2 heterocycles. The van der Waals surface area contributed by atoms with Gasteiger partial charge in [0.15, 0.2) is 0 Å². The molecule has 19 heavy (non-hydrogen) atoms. The van der Waals surface area contributed by atoms with Crippen molar-refractivity contribution in [2.45, 2.75) is 40.5 Å². The largest absolute Gasteiger partial charge is 0.306 e. The van der Waals surface area contributed by atoms with Crippen molar-refractivity contribution >= 4 is 0 Å². The van der Waals surface area contributed by atoms with Crippen LogP contribution in [0.4, 0.5) is 0 Å². The van der Waals surface area contributed by atoms with Crippen molar-refractivity contribution in [3.8, 4) is 0 Å². The average molecular weight is 271 g/mol. The predicted molar refractivity (Wildman–Crippen MR) is 86.9 cm³/mol. The van der Waals surface area contributed by atoms with Crippen LogP contribution in [0.5, 0.6) is 0 Å². The van der Waals surface area contributed by atoms with E-state index in [1.54, 1.807) is 0 Å². The fourth-order valence-corrected chi connectivity index (χ4v) is 2.70. The van der Waals surface area contributed by atoms with Crippen LogP contribution >= 0.6 is 0 Å². The van der Waals surface area contributed by atoms with Gasteiger partial charge in [0.05, 0.1) is 0 Å². The maximum Gasteiger partial charge on any atom is 0.0110 e. The van der Waals surface area contributed by atoms with Crippen LogP contribution < -0.4 is 0 Å². The van der Waals surface area contributed by atoms with Gasteiger partial charge in [-0.2, -0.15) is 0 Å². The molecule has 116 valence electrons. The molecule has 3 nitrogen and oxygen atoms in total. The van der Waals surface area contributed by atoms with Gasteiger partial charge in [-0.05, 0) is 45.9 Å². The third kappa shape index (κ3) is 7.91. The molecule has 0 aliphatic carbocycles. The Kier molecular flexibility index (Phi) is 11.6. The molecule has 0 bridgehead atoms. The number of hydrogen-bond acceptors (Lipinski definition) is 3.